The molecule has 1 unspecified atom stereocenters. The highest BCUT2D eigenvalue weighted by Gasteiger charge is 2.53. The molecule has 3 heterocycles. The van der Waals surface area contributed by atoms with Gasteiger partial charge < -0.3 is 25.8 Å². The number of fused-ring (bicyclic) bond motifs is 1. The van der Waals surface area contributed by atoms with Crippen molar-refractivity contribution < 1.29 is 25.0 Å². The van der Waals surface area contributed by atoms with Crippen molar-refractivity contribution in [2.45, 2.75) is 31.0 Å². The van der Waals surface area contributed by atoms with Crippen molar-refractivity contribution in [3.8, 4) is 0 Å². The first-order valence-electron chi connectivity index (χ1n) is 6.71. The highest BCUT2D eigenvalue weighted by Crippen LogP contribution is 2.42. The molecule has 0 aliphatic carbocycles. The van der Waals surface area contributed by atoms with E-state index in [1.165, 1.54) is 11.5 Å². The van der Waals surface area contributed by atoms with Crippen LogP contribution in [0.5, 0.6) is 0 Å². The first-order valence-corrected chi connectivity index (χ1v) is 6.71. The van der Waals surface area contributed by atoms with Crippen molar-refractivity contribution in [3.05, 3.63) is 22.6 Å². The van der Waals surface area contributed by atoms with Crippen molar-refractivity contribution in [3.63, 3.8) is 0 Å². The molecule has 0 radical (unpaired) electrons. The molecule has 4 atom stereocenters. The fourth-order valence-electron chi connectivity index (χ4n) is 2.80. The first-order chi connectivity index (χ1) is 10.8. The van der Waals surface area contributed by atoms with Gasteiger partial charge in [-0.05, 0) is 6.92 Å². The number of aliphatic hydroxyl groups excluding tert-OH is 2. The number of nitrogens with zero attached hydrogens (tertiary/aromatic N) is 4. The minimum Gasteiger partial charge on any atom is -0.394 e. The Bertz CT molecular complexity index is 775. The lowest BCUT2D eigenvalue weighted by Gasteiger charge is -2.27. The SMILES string of the molecule is C[C@]1(O)C(n2cc([N+](=O)[O-])c3c(N)ncnc32)O[C@H](CO)[C@H]1O. The minimum atomic E-state index is -1.80. The second-order valence-corrected chi connectivity index (χ2v) is 5.52. The summed E-state index contributed by atoms with van der Waals surface area (Å²) in [5.74, 6) is -0.0858. The first kappa shape index (κ1) is 15.6. The fraction of sp³-hybridized carbons (Fsp3) is 0.500. The molecule has 2 aromatic rings. The second kappa shape index (κ2) is 5.09. The van der Waals surface area contributed by atoms with Crippen LogP contribution >= 0.6 is 0 Å². The summed E-state index contributed by atoms with van der Waals surface area (Å²) >= 11 is 0. The third kappa shape index (κ3) is 2.13. The number of nitro groups is 1. The molecule has 0 spiro atoms. The summed E-state index contributed by atoms with van der Waals surface area (Å²) in [6.07, 6.45) is -1.37. The van der Waals surface area contributed by atoms with Gasteiger partial charge in [-0.1, -0.05) is 0 Å². The van der Waals surface area contributed by atoms with Gasteiger partial charge in [0.1, 0.15) is 35.3 Å². The summed E-state index contributed by atoms with van der Waals surface area (Å²) < 4.78 is 6.67. The molecule has 0 saturated carbocycles. The van der Waals surface area contributed by atoms with Gasteiger partial charge in [-0.25, -0.2) is 9.97 Å². The highest BCUT2D eigenvalue weighted by molar-refractivity contribution is 5.95. The van der Waals surface area contributed by atoms with Gasteiger partial charge in [0.2, 0.25) is 0 Å². The number of anilines is 1. The number of ether oxygens (including phenoxy) is 1. The third-order valence-electron chi connectivity index (χ3n) is 4.00. The van der Waals surface area contributed by atoms with Gasteiger partial charge in [-0.2, -0.15) is 0 Å². The van der Waals surface area contributed by atoms with Gasteiger partial charge in [-0.3, -0.25) is 14.7 Å². The summed E-state index contributed by atoms with van der Waals surface area (Å²) in [5, 5.41) is 41.0. The number of nitrogens with two attached hydrogens (primary N) is 1. The van der Waals surface area contributed by atoms with E-state index in [2.05, 4.69) is 9.97 Å². The summed E-state index contributed by atoms with van der Waals surface area (Å²) in [6.45, 7) is 0.784. The molecule has 124 valence electrons. The molecule has 1 aliphatic heterocycles. The molecule has 1 aliphatic rings. The monoisotopic (exact) mass is 325 g/mol. The number of aliphatic hydroxyl groups is 3. The van der Waals surface area contributed by atoms with Crippen LogP contribution in [0.15, 0.2) is 12.5 Å². The molecule has 3 rings (SSSR count). The van der Waals surface area contributed by atoms with Crippen molar-refractivity contribution in [2.24, 2.45) is 0 Å². The lowest BCUT2D eigenvalue weighted by atomic mass is 9.96. The third-order valence-corrected chi connectivity index (χ3v) is 4.00. The fourth-order valence-corrected chi connectivity index (χ4v) is 2.80. The van der Waals surface area contributed by atoms with Gasteiger partial charge in [0.15, 0.2) is 11.9 Å². The Morgan fingerprint density at radius 1 is 1.57 bits per heavy atom. The van der Waals surface area contributed by atoms with Crippen LogP contribution in [0.1, 0.15) is 13.2 Å². The van der Waals surface area contributed by atoms with Gasteiger partial charge in [-0.15, -0.1) is 0 Å². The standard InChI is InChI=1S/C12H15N5O6/c1-12(20)8(19)6(3-18)23-11(12)16-2-5(17(21)22)7-9(13)14-4-15-10(7)16/h2,4,6,8,11,18-20H,3H2,1H3,(H2,13,14,15)/t6-,8-,11?,12-/m1/s1. The summed E-state index contributed by atoms with van der Waals surface area (Å²) in [5.41, 5.74) is 3.63. The molecule has 23 heavy (non-hydrogen) atoms. The number of aromatic nitrogens is 3. The normalized spacial score (nSPS) is 30.9. The predicted octanol–water partition coefficient (Wildman–Crippen LogP) is -1.08. The van der Waals surface area contributed by atoms with E-state index in [0.29, 0.717) is 0 Å². The molecule has 2 aromatic heterocycles. The number of hydrogen-bond acceptors (Lipinski definition) is 9. The van der Waals surface area contributed by atoms with Crippen LogP contribution < -0.4 is 5.73 Å². The Morgan fingerprint density at radius 3 is 2.83 bits per heavy atom. The lowest BCUT2D eigenvalue weighted by molar-refractivity contribution is -0.383. The Labute approximate surface area is 129 Å². The lowest BCUT2D eigenvalue weighted by Crippen LogP contribution is -2.44. The molecule has 0 amide bonds. The second-order valence-electron chi connectivity index (χ2n) is 5.52. The predicted molar refractivity (Wildman–Crippen MR) is 76.2 cm³/mol. The molecule has 11 nitrogen and oxygen atoms in total. The van der Waals surface area contributed by atoms with E-state index in [1.807, 2.05) is 0 Å². The summed E-state index contributed by atoms with van der Waals surface area (Å²) in [7, 11) is 0. The average molecular weight is 325 g/mol. The molecule has 11 heteroatoms. The Kier molecular flexibility index (Phi) is 3.44. The van der Waals surface area contributed by atoms with Crippen molar-refractivity contribution in [1.82, 2.24) is 14.5 Å². The zero-order valence-corrected chi connectivity index (χ0v) is 12.0. The average Bonchev–Trinajstić information content (AvgIpc) is 2.97. The molecule has 1 fully saturated rings. The topological polar surface area (TPSA) is 170 Å². The van der Waals surface area contributed by atoms with Crippen LogP contribution in [0.3, 0.4) is 0 Å². The van der Waals surface area contributed by atoms with Crippen molar-refractivity contribution >= 4 is 22.5 Å². The van der Waals surface area contributed by atoms with Crippen LogP contribution in [0.4, 0.5) is 11.5 Å². The van der Waals surface area contributed by atoms with Crippen LogP contribution in [0, 0.1) is 10.1 Å². The quantitative estimate of drug-likeness (QED) is 0.405. The van der Waals surface area contributed by atoms with E-state index in [4.69, 9.17) is 10.5 Å². The van der Waals surface area contributed by atoms with Gasteiger partial charge >= 0.3 is 0 Å². The van der Waals surface area contributed by atoms with Crippen LogP contribution in [0.2, 0.25) is 0 Å². The van der Waals surface area contributed by atoms with Gasteiger partial charge in [0, 0.05) is 0 Å². The zero-order chi connectivity index (χ0) is 16.9. The molecule has 5 N–H and O–H groups in total. The molecular weight excluding hydrogens is 310 g/mol. The maximum Gasteiger partial charge on any atom is 0.300 e. The maximum absolute atomic E-state index is 11.2. The molecule has 0 bridgehead atoms. The van der Waals surface area contributed by atoms with Crippen LogP contribution in [-0.4, -0.2) is 59.2 Å². The van der Waals surface area contributed by atoms with E-state index in [-0.39, 0.29) is 22.5 Å². The molecule has 1 saturated heterocycles. The van der Waals surface area contributed by atoms with E-state index in [0.717, 1.165) is 12.5 Å². The zero-order valence-electron chi connectivity index (χ0n) is 12.0. The minimum absolute atomic E-state index is 0.0128. The smallest absolute Gasteiger partial charge is 0.300 e. The van der Waals surface area contributed by atoms with Crippen LogP contribution in [-0.2, 0) is 4.74 Å². The molecule has 0 aromatic carbocycles. The van der Waals surface area contributed by atoms with E-state index >= 15 is 0 Å². The highest BCUT2D eigenvalue weighted by atomic mass is 16.6. The number of hydrogen-bond donors (Lipinski definition) is 4. The van der Waals surface area contributed by atoms with Crippen molar-refractivity contribution in [2.75, 3.05) is 12.3 Å². The molecular formula is C12H15N5O6. The largest absolute Gasteiger partial charge is 0.394 e. The Balaban J connectivity index is 2.21. The van der Waals surface area contributed by atoms with E-state index in [9.17, 15) is 25.4 Å². The van der Waals surface area contributed by atoms with Crippen LogP contribution in [0.25, 0.3) is 11.0 Å². The Morgan fingerprint density at radius 2 is 2.26 bits per heavy atom. The van der Waals surface area contributed by atoms with Gasteiger partial charge in [0.25, 0.3) is 5.69 Å². The maximum atomic E-state index is 11.2. The van der Waals surface area contributed by atoms with E-state index < -0.39 is 35.6 Å². The Hall–Kier alpha value is -2.34. The van der Waals surface area contributed by atoms with Gasteiger partial charge in [0.05, 0.1) is 17.7 Å². The van der Waals surface area contributed by atoms with E-state index in [1.54, 1.807) is 0 Å². The summed E-state index contributed by atoms with van der Waals surface area (Å²) in [4.78, 5) is 18.3. The summed E-state index contributed by atoms with van der Waals surface area (Å²) in [6, 6.07) is 0. The van der Waals surface area contributed by atoms with Crippen molar-refractivity contribution in [1.29, 1.82) is 0 Å². The number of nitrogen functional groups attached to an aromatic ring is 1. The number of rotatable bonds is 3.